The number of hydrogen-bond acceptors (Lipinski definition) is 6. The lowest BCUT2D eigenvalue weighted by Gasteiger charge is -2.27. The number of aromatic nitrogens is 2. The SMILES string of the molecule is N#Cc1cccc(OCCO[C@@H]2CCN(c3cc4nn(C5CCC(CO)CC5)cc4cc3Br)C2)c1. The van der Waals surface area contributed by atoms with E-state index in [1.165, 1.54) is 0 Å². The van der Waals surface area contributed by atoms with E-state index in [2.05, 4.69) is 49.9 Å². The van der Waals surface area contributed by atoms with Gasteiger partial charge in [-0.3, -0.25) is 4.68 Å². The van der Waals surface area contributed by atoms with E-state index in [1.54, 1.807) is 12.1 Å². The molecule has 0 radical (unpaired) electrons. The standard InChI is InChI=1S/C27H31BrN4O3/c28-25-13-21-16-32(22-6-4-19(18-33)5-7-22)30-26(21)14-27(25)31-9-8-24(17-31)35-11-10-34-23-3-1-2-20(12-23)15-29/h1-3,12-14,16,19,22,24,33H,4-11,17-18H2/t19?,22?,24-/m1/s1. The fourth-order valence-corrected chi connectivity index (χ4v) is 5.80. The van der Waals surface area contributed by atoms with E-state index in [4.69, 9.17) is 19.8 Å². The molecule has 8 heteroatoms. The topological polar surface area (TPSA) is 83.5 Å². The van der Waals surface area contributed by atoms with Gasteiger partial charge < -0.3 is 19.5 Å². The minimum atomic E-state index is 0.158. The third-order valence-corrected chi connectivity index (χ3v) is 7.83. The second-order valence-electron chi connectivity index (χ2n) is 9.54. The summed E-state index contributed by atoms with van der Waals surface area (Å²) in [5.74, 6) is 1.14. The normalized spacial score (nSPS) is 22.4. The minimum Gasteiger partial charge on any atom is -0.491 e. The molecule has 2 fully saturated rings. The molecule has 2 heterocycles. The van der Waals surface area contributed by atoms with E-state index in [1.807, 2.05) is 12.1 Å². The summed E-state index contributed by atoms with van der Waals surface area (Å²) < 4.78 is 15.0. The molecule has 184 valence electrons. The van der Waals surface area contributed by atoms with Crippen LogP contribution in [-0.2, 0) is 4.74 Å². The van der Waals surface area contributed by atoms with Gasteiger partial charge in [0, 0.05) is 35.8 Å². The predicted molar refractivity (Wildman–Crippen MR) is 139 cm³/mol. The van der Waals surface area contributed by atoms with Gasteiger partial charge >= 0.3 is 0 Å². The minimum absolute atomic E-state index is 0.158. The lowest BCUT2D eigenvalue weighted by atomic mass is 9.87. The van der Waals surface area contributed by atoms with E-state index < -0.39 is 0 Å². The van der Waals surface area contributed by atoms with Crippen molar-refractivity contribution >= 4 is 32.5 Å². The van der Waals surface area contributed by atoms with Crippen LogP contribution in [0.2, 0.25) is 0 Å². The molecular formula is C27H31BrN4O3. The van der Waals surface area contributed by atoms with Crippen LogP contribution in [0.4, 0.5) is 5.69 Å². The first-order chi connectivity index (χ1) is 17.1. The molecule has 1 saturated heterocycles. The number of ether oxygens (including phenoxy) is 2. The van der Waals surface area contributed by atoms with Gasteiger partial charge in [0.05, 0.1) is 41.6 Å². The molecule has 1 aromatic heterocycles. The summed E-state index contributed by atoms with van der Waals surface area (Å²) in [5.41, 5.74) is 2.77. The lowest BCUT2D eigenvalue weighted by Crippen LogP contribution is -2.24. The first kappa shape index (κ1) is 24.1. The highest BCUT2D eigenvalue weighted by molar-refractivity contribution is 9.10. The molecule has 7 nitrogen and oxygen atoms in total. The quantitative estimate of drug-likeness (QED) is 0.403. The monoisotopic (exact) mass is 538 g/mol. The predicted octanol–water partition coefficient (Wildman–Crippen LogP) is 5.07. The third kappa shape index (κ3) is 5.64. The fourth-order valence-electron chi connectivity index (χ4n) is 5.19. The molecule has 0 amide bonds. The summed E-state index contributed by atoms with van der Waals surface area (Å²) in [6.07, 6.45) is 7.58. The van der Waals surface area contributed by atoms with E-state index in [9.17, 15) is 5.11 Å². The number of aliphatic hydroxyl groups is 1. The third-order valence-electron chi connectivity index (χ3n) is 7.19. The van der Waals surface area contributed by atoms with Crippen LogP contribution in [-0.4, -0.2) is 53.9 Å². The lowest BCUT2D eigenvalue weighted by molar-refractivity contribution is 0.0465. The van der Waals surface area contributed by atoms with Crippen molar-refractivity contribution in [3.8, 4) is 11.8 Å². The maximum absolute atomic E-state index is 9.41. The number of nitriles is 1. The van der Waals surface area contributed by atoms with Gasteiger partial charge in [0.15, 0.2) is 0 Å². The molecule has 1 N–H and O–H groups in total. The summed E-state index contributed by atoms with van der Waals surface area (Å²) in [6, 6.07) is 14.1. The summed E-state index contributed by atoms with van der Waals surface area (Å²) in [5, 5.41) is 24.5. The van der Waals surface area contributed by atoms with Crippen molar-refractivity contribution in [2.24, 2.45) is 5.92 Å². The Balaban J connectivity index is 1.16. The van der Waals surface area contributed by atoms with Gasteiger partial charge in [-0.05, 0) is 84.3 Å². The van der Waals surface area contributed by atoms with Crippen LogP contribution in [0.3, 0.4) is 0 Å². The zero-order chi connectivity index (χ0) is 24.2. The zero-order valence-corrected chi connectivity index (χ0v) is 21.4. The Morgan fingerprint density at radius 3 is 2.77 bits per heavy atom. The second kappa shape index (κ2) is 11.0. The molecule has 2 aliphatic rings. The van der Waals surface area contributed by atoms with E-state index in [-0.39, 0.29) is 6.10 Å². The van der Waals surface area contributed by atoms with Crippen LogP contribution in [0.5, 0.6) is 5.75 Å². The maximum atomic E-state index is 9.41. The van der Waals surface area contributed by atoms with Gasteiger partial charge in [-0.25, -0.2) is 0 Å². The fraction of sp³-hybridized carbons (Fsp3) is 0.481. The Hall–Kier alpha value is -2.60. The first-order valence-electron chi connectivity index (χ1n) is 12.4. The molecule has 3 aromatic rings. The van der Waals surface area contributed by atoms with Crippen molar-refractivity contribution in [3.05, 3.63) is 52.6 Å². The van der Waals surface area contributed by atoms with E-state index in [0.717, 1.165) is 66.3 Å². The van der Waals surface area contributed by atoms with Crippen molar-refractivity contribution in [2.45, 2.75) is 44.2 Å². The first-order valence-corrected chi connectivity index (χ1v) is 13.2. The highest BCUT2D eigenvalue weighted by Crippen LogP contribution is 2.36. The Morgan fingerprint density at radius 1 is 1.11 bits per heavy atom. The van der Waals surface area contributed by atoms with E-state index >= 15 is 0 Å². The molecule has 1 saturated carbocycles. The molecule has 1 atom stereocenters. The summed E-state index contributed by atoms with van der Waals surface area (Å²) >= 11 is 3.78. The van der Waals surface area contributed by atoms with Crippen molar-refractivity contribution in [3.63, 3.8) is 0 Å². The number of benzene rings is 2. The van der Waals surface area contributed by atoms with Crippen molar-refractivity contribution in [1.29, 1.82) is 5.26 Å². The number of aliphatic hydroxyl groups excluding tert-OH is 1. The second-order valence-corrected chi connectivity index (χ2v) is 10.4. The van der Waals surface area contributed by atoms with Gasteiger partial charge in [0.2, 0.25) is 0 Å². The van der Waals surface area contributed by atoms with Crippen LogP contribution in [0.1, 0.15) is 43.7 Å². The van der Waals surface area contributed by atoms with Crippen molar-refractivity contribution in [2.75, 3.05) is 37.8 Å². The summed E-state index contributed by atoms with van der Waals surface area (Å²) in [7, 11) is 0. The van der Waals surface area contributed by atoms with Gasteiger partial charge in [-0.2, -0.15) is 10.4 Å². The summed E-state index contributed by atoms with van der Waals surface area (Å²) in [6.45, 7) is 3.04. The van der Waals surface area contributed by atoms with Crippen LogP contribution in [0, 0.1) is 17.2 Å². The number of halogens is 1. The molecular weight excluding hydrogens is 508 g/mol. The number of anilines is 1. The average Bonchev–Trinajstić information content (AvgIpc) is 3.53. The molecule has 0 unspecified atom stereocenters. The number of rotatable bonds is 8. The van der Waals surface area contributed by atoms with Crippen LogP contribution in [0.15, 0.2) is 47.1 Å². The Kier molecular flexibility index (Phi) is 7.57. The van der Waals surface area contributed by atoms with Gasteiger partial charge in [0.1, 0.15) is 12.4 Å². The average molecular weight is 539 g/mol. The van der Waals surface area contributed by atoms with Gasteiger partial charge in [0.25, 0.3) is 0 Å². The molecule has 0 spiro atoms. The number of fused-ring (bicyclic) bond motifs is 1. The largest absolute Gasteiger partial charge is 0.491 e. The molecule has 2 aromatic carbocycles. The van der Waals surface area contributed by atoms with Crippen molar-refractivity contribution in [1.82, 2.24) is 9.78 Å². The smallest absolute Gasteiger partial charge is 0.120 e. The highest BCUT2D eigenvalue weighted by Gasteiger charge is 2.26. The molecule has 1 aliphatic carbocycles. The molecule has 5 rings (SSSR count). The zero-order valence-electron chi connectivity index (χ0n) is 19.8. The Bertz CT molecular complexity index is 1200. The number of nitrogens with zero attached hydrogens (tertiary/aromatic N) is 4. The van der Waals surface area contributed by atoms with Crippen LogP contribution < -0.4 is 9.64 Å². The van der Waals surface area contributed by atoms with Crippen molar-refractivity contribution < 1.29 is 14.6 Å². The highest BCUT2D eigenvalue weighted by atomic mass is 79.9. The Labute approximate surface area is 214 Å². The van der Waals surface area contributed by atoms with Gasteiger partial charge in [-0.15, -0.1) is 0 Å². The van der Waals surface area contributed by atoms with Crippen LogP contribution >= 0.6 is 15.9 Å². The Morgan fingerprint density at radius 2 is 1.97 bits per heavy atom. The molecule has 1 aliphatic heterocycles. The summed E-state index contributed by atoms with van der Waals surface area (Å²) in [4.78, 5) is 2.36. The van der Waals surface area contributed by atoms with Crippen LogP contribution in [0.25, 0.3) is 10.9 Å². The van der Waals surface area contributed by atoms with E-state index in [0.29, 0.717) is 43.1 Å². The number of hydrogen-bond donors (Lipinski definition) is 1. The maximum Gasteiger partial charge on any atom is 0.120 e. The van der Waals surface area contributed by atoms with Gasteiger partial charge in [-0.1, -0.05) is 6.07 Å². The molecule has 35 heavy (non-hydrogen) atoms. The molecule has 0 bridgehead atoms.